The SMILES string of the molecule is CCN(CC)C(=O)c1ccc(N(c2cccc(OC)c2)C2CCN(CCc3ccsc3)CC2)cc1. The number of methoxy groups -OCH3 is 1. The summed E-state index contributed by atoms with van der Waals surface area (Å²) in [5, 5.41) is 4.42. The van der Waals surface area contributed by atoms with Crippen LogP contribution in [0.25, 0.3) is 0 Å². The van der Waals surface area contributed by atoms with Gasteiger partial charge in [0.25, 0.3) is 5.91 Å². The normalized spacial score (nSPS) is 14.6. The van der Waals surface area contributed by atoms with Crippen molar-refractivity contribution in [1.82, 2.24) is 9.80 Å². The predicted octanol–water partition coefficient (Wildman–Crippen LogP) is 6.08. The van der Waals surface area contributed by atoms with Gasteiger partial charge in [0, 0.05) is 61.8 Å². The molecule has 1 fully saturated rings. The van der Waals surface area contributed by atoms with Crippen molar-refractivity contribution in [3.8, 4) is 5.75 Å². The maximum Gasteiger partial charge on any atom is 0.253 e. The molecule has 4 rings (SSSR count). The van der Waals surface area contributed by atoms with Gasteiger partial charge in [0.2, 0.25) is 0 Å². The van der Waals surface area contributed by atoms with E-state index in [0.29, 0.717) is 6.04 Å². The summed E-state index contributed by atoms with van der Waals surface area (Å²) in [7, 11) is 1.71. The molecule has 6 heteroatoms. The zero-order valence-electron chi connectivity index (χ0n) is 21.2. The largest absolute Gasteiger partial charge is 0.497 e. The van der Waals surface area contributed by atoms with E-state index in [1.54, 1.807) is 18.4 Å². The number of anilines is 2. The third-order valence-electron chi connectivity index (χ3n) is 6.99. The van der Waals surface area contributed by atoms with E-state index in [1.807, 2.05) is 36.9 Å². The van der Waals surface area contributed by atoms with Gasteiger partial charge in [-0.1, -0.05) is 6.07 Å². The minimum absolute atomic E-state index is 0.0911. The molecule has 2 aromatic carbocycles. The molecule has 0 radical (unpaired) electrons. The second-order valence-corrected chi connectivity index (χ2v) is 9.83. The number of amides is 1. The van der Waals surface area contributed by atoms with Crippen molar-refractivity contribution in [2.75, 3.05) is 44.7 Å². The summed E-state index contributed by atoms with van der Waals surface area (Å²) in [6, 6.07) is 19.1. The van der Waals surface area contributed by atoms with Crippen LogP contribution in [0.15, 0.2) is 65.4 Å². The van der Waals surface area contributed by atoms with E-state index in [4.69, 9.17) is 4.74 Å². The second kappa shape index (κ2) is 12.2. The average molecular weight is 492 g/mol. The minimum atomic E-state index is 0.0911. The first-order valence-electron chi connectivity index (χ1n) is 12.7. The van der Waals surface area contributed by atoms with Crippen molar-refractivity contribution in [3.63, 3.8) is 0 Å². The van der Waals surface area contributed by atoms with Crippen LogP contribution in [-0.2, 0) is 6.42 Å². The van der Waals surface area contributed by atoms with Gasteiger partial charge >= 0.3 is 0 Å². The quantitative estimate of drug-likeness (QED) is 0.344. The van der Waals surface area contributed by atoms with Crippen LogP contribution in [-0.4, -0.2) is 61.6 Å². The van der Waals surface area contributed by atoms with Gasteiger partial charge in [0.1, 0.15) is 5.75 Å². The van der Waals surface area contributed by atoms with Crippen LogP contribution in [0.1, 0.15) is 42.6 Å². The molecule has 1 amide bonds. The van der Waals surface area contributed by atoms with E-state index in [2.05, 4.69) is 57.0 Å². The Kier molecular flexibility index (Phi) is 8.83. The summed E-state index contributed by atoms with van der Waals surface area (Å²) in [5.74, 6) is 0.947. The van der Waals surface area contributed by atoms with E-state index >= 15 is 0 Å². The maximum atomic E-state index is 12.8. The van der Waals surface area contributed by atoms with Crippen LogP contribution in [0.5, 0.6) is 5.75 Å². The predicted molar refractivity (Wildman–Crippen MR) is 146 cm³/mol. The molecular weight excluding hydrogens is 454 g/mol. The Balaban J connectivity index is 1.52. The van der Waals surface area contributed by atoms with Crippen molar-refractivity contribution in [2.45, 2.75) is 39.2 Å². The molecule has 0 unspecified atom stereocenters. The lowest BCUT2D eigenvalue weighted by Gasteiger charge is -2.40. The summed E-state index contributed by atoms with van der Waals surface area (Å²) in [6.07, 6.45) is 3.32. The highest BCUT2D eigenvalue weighted by molar-refractivity contribution is 7.07. The van der Waals surface area contributed by atoms with Crippen molar-refractivity contribution in [1.29, 1.82) is 0 Å². The van der Waals surface area contributed by atoms with Gasteiger partial charge in [-0.25, -0.2) is 0 Å². The Bertz CT molecular complexity index is 1060. The van der Waals surface area contributed by atoms with Crippen molar-refractivity contribution >= 4 is 28.6 Å². The Hall–Kier alpha value is -2.83. The molecule has 35 heavy (non-hydrogen) atoms. The monoisotopic (exact) mass is 491 g/mol. The molecule has 1 aliphatic rings. The van der Waals surface area contributed by atoms with Crippen LogP contribution in [0.3, 0.4) is 0 Å². The van der Waals surface area contributed by atoms with Gasteiger partial charge in [-0.2, -0.15) is 11.3 Å². The first-order chi connectivity index (χ1) is 17.1. The average Bonchev–Trinajstić information content (AvgIpc) is 3.43. The van der Waals surface area contributed by atoms with Crippen molar-refractivity contribution in [3.05, 3.63) is 76.5 Å². The zero-order valence-corrected chi connectivity index (χ0v) is 22.0. The third kappa shape index (κ3) is 6.24. The fourth-order valence-electron chi connectivity index (χ4n) is 4.91. The lowest BCUT2D eigenvalue weighted by molar-refractivity contribution is 0.0773. The molecule has 5 nitrogen and oxygen atoms in total. The highest BCUT2D eigenvalue weighted by Gasteiger charge is 2.26. The molecular formula is C29H37N3O2S. The van der Waals surface area contributed by atoms with Crippen LogP contribution >= 0.6 is 11.3 Å². The van der Waals surface area contributed by atoms with Crippen molar-refractivity contribution < 1.29 is 9.53 Å². The number of benzene rings is 2. The van der Waals surface area contributed by atoms with Gasteiger partial charge in [-0.05, 0) is 91.9 Å². The number of carbonyl (C=O) groups is 1. The zero-order chi connectivity index (χ0) is 24.6. The molecule has 2 heterocycles. The highest BCUT2D eigenvalue weighted by atomic mass is 32.1. The van der Waals surface area contributed by atoms with Gasteiger partial charge in [0.15, 0.2) is 0 Å². The topological polar surface area (TPSA) is 36.0 Å². The summed E-state index contributed by atoms with van der Waals surface area (Å²) in [5.41, 5.74) is 4.43. The highest BCUT2D eigenvalue weighted by Crippen LogP contribution is 2.34. The standard InChI is InChI=1S/C29H37N3O2S/c1-4-31(5-2)29(33)24-9-11-25(12-10-24)32(27-7-6-8-28(21-27)34-3)26-14-18-30(19-15-26)17-13-23-16-20-35-22-23/h6-12,16,20-22,26H,4-5,13-15,17-19H2,1-3H3. The van der Waals surface area contributed by atoms with Gasteiger partial charge in [-0.3, -0.25) is 4.79 Å². The summed E-state index contributed by atoms with van der Waals surface area (Å²) >= 11 is 1.78. The molecule has 0 saturated carbocycles. The number of piperidine rings is 1. The lowest BCUT2D eigenvalue weighted by Crippen LogP contribution is -2.43. The number of hydrogen-bond donors (Lipinski definition) is 0. The summed E-state index contributed by atoms with van der Waals surface area (Å²) in [4.78, 5) is 19.7. The van der Waals surface area contributed by atoms with Gasteiger partial charge < -0.3 is 19.4 Å². The molecule has 0 bridgehead atoms. The number of nitrogens with zero attached hydrogens (tertiary/aromatic N) is 3. The molecule has 1 saturated heterocycles. The number of likely N-dealkylation sites (tertiary alicyclic amines) is 1. The number of ether oxygens (including phenoxy) is 1. The number of thiophene rings is 1. The first-order valence-corrected chi connectivity index (χ1v) is 13.6. The maximum absolute atomic E-state index is 12.8. The van der Waals surface area contributed by atoms with E-state index < -0.39 is 0 Å². The summed E-state index contributed by atoms with van der Waals surface area (Å²) in [6.45, 7) is 8.78. The van der Waals surface area contributed by atoms with Crippen LogP contribution in [0, 0.1) is 0 Å². The number of hydrogen-bond acceptors (Lipinski definition) is 5. The molecule has 1 aliphatic heterocycles. The van der Waals surface area contributed by atoms with E-state index in [1.165, 1.54) is 5.56 Å². The van der Waals surface area contributed by atoms with Gasteiger partial charge in [-0.15, -0.1) is 0 Å². The Morgan fingerprint density at radius 2 is 1.77 bits per heavy atom. The molecule has 186 valence electrons. The minimum Gasteiger partial charge on any atom is -0.497 e. The van der Waals surface area contributed by atoms with Crippen LogP contribution < -0.4 is 9.64 Å². The molecule has 3 aromatic rings. The van der Waals surface area contributed by atoms with E-state index in [-0.39, 0.29) is 5.91 Å². The molecule has 0 atom stereocenters. The lowest BCUT2D eigenvalue weighted by atomic mass is 10.00. The molecule has 0 aliphatic carbocycles. The number of carbonyl (C=O) groups excluding carboxylic acids is 1. The van der Waals surface area contributed by atoms with E-state index in [9.17, 15) is 4.79 Å². The third-order valence-corrected chi connectivity index (χ3v) is 7.73. The molecule has 0 N–H and O–H groups in total. The van der Waals surface area contributed by atoms with Gasteiger partial charge in [0.05, 0.1) is 7.11 Å². The summed E-state index contributed by atoms with van der Waals surface area (Å²) < 4.78 is 5.53. The van der Waals surface area contributed by atoms with Crippen LogP contribution in [0.2, 0.25) is 0 Å². The Labute approximate surface area is 213 Å². The molecule has 1 aromatic heterocycles. The molecule has 0 spiro atoms. The smallest absolute Gasteiger partial charge is 0.253 e. The van der Waals surface area contributed by atoms with Crippen LogP contribution in [0.4, 0.5) is 11.4 Å². The first kappa shape index (κ1) is 25.3. The Morgan fingerprint density at radius 1 is 1.03 bits per heavy atom. The van der Waals surface area contributed by atoms with Crippen molar-refractivity contribution in [2.24, 2.45) is 0 Å². The fraction of sp³-hybridized carbons (Fsp3) is 0.414. The van der Waals surface area contributed by atoms with E-state index in [0.717, 1.165) is 74.7 Å². The fourth-order valence-corrected chi connectivity index (χ4v) is 5.62. The Morgan fingerprint density at radius 3 is 2.40 bits per heavy atom. The second-order valence-electron chi connectivity index (χ2n) is 9.05. The number of rotatable bonds is 10.